The summed E-state index contributed by atoms with van der Waals surface area (Å²) in [6.45, 7) is 29.7. The number of allylic oxidation sites excluding steroid dienone is 8. The number of likely N-dealkylation sites (N-methyl/N-ethyl adjacent to an activating group) is 1. The lowest BCUT2D eigenvalue weighted by atomic mass is 9.89. The molecule has 1 N–H and O–H groups in total. The first-order chi connectivity index (χ1) is 28.2. The zero-order valence-corrected chi connectivity index (χ0v) is 38.8. The van der Waals surface area contributed by atoms with Crippen molar-refractivity contribution < 1.29 is 18.3 Å². The molecule has 10 heteroatoms. The van der Waals surface area contributed by atoms with Crippen molar-refractivity contribution in [3.8, 4) is 6.07 Å². The lowest BCUT2D eigenvalue weighted by Crippen LogP contribution is -2.42. The largest absolute Gasteiger partial charge is 0.476 e. The molecule has 0 radical (unpaired) electrons. The Hall–Kier alpha value is -3.91. The predicted molar refractivity (Wildman–Crippen MR) is 246 cm³/mol. The molecule has 2 fully saturated rings. The third kappa shape index (κ3) is 11.5. The molecule has 7 nitrogen and oxygen atoms in total. The summed E-state index contributed by atoms with van der Waals surface area (Å²) in [4.78, 5) is 19.9. The summed E-state index contributed by atoms with van der Waals surface area (Å²) in [5.41, 5.74) is 3.01. The number of halogens is 2. The number of thiophene rings is 1. The van der Waals surface area contributed by atoms with Gasteiger partial charge in [-0.3, -0.25) is 9.69 Å². The summed E-state index contributed by atoms with van der Waals surface area (Å²) in [6.07, 6.45) is 13.5. The summed E-state index contributed by atoms with van der Waals surface area (Å²) >= 11 is 1.28. The molecule has 1 aromatic carbocycles. The van der Waals surface area contributed by atoms with Crippen molar-refractivity contribution in [2.24, 2.45) is 16.8 Å². The van der Waals surface area contributed by atoms with Gasteiger partial charge in [0.15, 0.2) is 5.83 Å². The summed E-state index contributed by atoms with van der Waals surface area (Å²) in [5, 5.41) is 14.3. The van der Waals surface area contributed by atoms with Crippen molar-refractivity contribution in [3.63, 3.8) is 0 Å². The van der Waals surface area contributed by atoms with E-state index >= 15 is 8.78 Å². The maximum atomic E-state index is 17.6. The fourth-order valence-electron chi connectivity index (χ4n) is 8.68. The van der Waals surface area contributed by atoms with Crippen molar-refractivity contribution >= 4 is 39.0 Å². The molecule has 2 aromatic rings. The number of nitrogens with zero attached hydrogens (tertiary/aromatic N) is 4. The monoisotopic (exact) mass is 832 g/mol. The summed E-state index contributed by atoms with van der Waals surface area (Å²) in [7, 11) is 2.02. The van der Waals surface area contributed by atoms with Gasteiger partial charge in [0.05, 0.1) is 15.8 Å². The highest BCUT2D eigenvalue weighted by Crippen LogP contribution is 2.44. The van der Waals surface area contributed by atoms with Crippen LogP contribution in [0.4, 0.5) is 8.78 Å². The molecular formula is C49H71F2N5O2S. The van der Waals surface area contributed by atoms with E-state index in [9.17, 15) is 5.26 Å². The quantitative estimate of drug-likeness (QED) is 0.103. The highest BCUT2D eigenvalue weighted by atomic mass is 32.1. The number of ether oxygens (including phenoxy) is 1. The summed E-state index contributed by atoms with van der Waals surface area (Å²) in [5.74, 6) is 0.490. The Morgan fingerprint density at radius 1 is 1.17 bits per heavy atom. The van der Waals surface area contributed by atoms with E-state index in [1.807, 2.05) is 53.8 Å². The second-order valence-corrected chi connectivity index (χ2v) is 17.6. The first kappa shape index (κ1) is 49.5. The van der Waals surface area contributed by atoms with E-state index in [0.717, 1.165) is 62.3 Å². The topological polar surface area (TPSA) is 81.0 Å². The number of hydrogen-bond donors (Lipinski definition) is 1. The molecule has 0 bridgehead atoms. The Bertz CT molecular complexity index is 1940. The first-order valence-electron chi connectivity index (χ1n) is 21.8. The number of benzene rings is 1. The van der Waals surface area contributed by atoms with Gasteiger partial charge in [-0.05, 0) is 108 Å². The van der Waals surface area contributed by atoms with Crippen molar-refractivity contribution in [3.05, 3.63) is 87.8 Å². The molecule has 324 valence electrons. The van der Waals surface area contributed by atoms with Gasteiger partial charge in [-0.1, -0.05) is 87.1 Å². The molecule has 3 heterocycles. The molecular weight excluding hydrogens is 761 g/mol. The van der Waals surface area contributed by atoms with Crippen LogP contribution in [-0.4, -0.2) is 72.7 Å². The molecule has 59 heavy (non-hydrogen) atoms. The smallest absolute Gasteiger partial charge is 0.209 e. The van der Waals surface area contributed by atoms with E-state index in [4.69, 9.17) is 14.5 Å². The SMILES string of the molecule is C=CC=O.CC.CC/C=C(/N=C1/C(F)=C(c2ccc(F)c3sc(C(C)C)c(C#N)c23)C=C/C1=C(/C)N(CC)C(CCC(C)C)C(C)C)OCC12CCCN1CC(NC)C2. The van der Waals surface area contributed by atoms with Crippen molar-refractivity contribution in [2.45, 2.75) is 138 Å². The van der Waals surface area contributed by atoms with Crippen LogP contribution in [0.15, 0.2) is 71.0 Å². The van der Waals surface area contributed by atoms with E-state index in [1.165, 1.54) is 23.5 Å². The molecule has 3 aliphatic rings. The fraction of sp³-hybridized carbons (Fsp3) is 0.571. The Balaban J connectivity index is 0.00000146. The molecule has 2 saturated heterocycles. The van der Waals surface area contributed by atoms with Gasteiger partial charge < -0.3 is 15.0 Å². The van der Waals surface area contributed by atoms with Crippen LogP contribution in [0, 0.1) is 29.0 Å². The van der Waals surface area contributed by atoms with E-state index < -0.39 is 11.6 Å². The Labute approximate surface area is 358 Å². The highest BCUT2D eigenvalue weighted by molar-refractivity contribution is 7.19. The van der Waals surface area contributed by atoms with Crippen molar-refractivity contribution in [2.75, 3.05) is 33.3 Å². The van der Waals surface area contributed by atoms with E-state index in [0.29, 0.717) is 75.4 Å². The lowest BCUT2D eigenvalue weighted by Gasteiger charge is -2.38. The molecule has 3 atom stereocenters. The zero-order chi connectivity index (χ0) is 44.0. The second kappa shape index (κ2) is 23.2. The highest BCUT2D eigenvalue weighted by Gasteiger charge is 2.48. The van der Waals surface area contributed by atoms with Gasteiger partial charge in [-0.2, -0.15) is 5.26 Å². The maximum Gasteiger partial charge on any atom is 0.209 e. The van der Waals surface area contributed by atoms with Crippen molar-refractivity contribution in [1.29, 1.82) is 5.26 Å². The number of nitriles is 1. The Morgan fingerprint density at radius 2 is 1.86 bits per heavy atom. The zero-order valence-electron chi connectivity index (χ0n) is 38.0. The van der Waals surface area contributed by atoms with Crippen LogP contribution < -0.4 is 5.32 Å². The average molecular weight is 832 g/mol. The lowest BCUT2D eigenvalue weighted by molar-refractivity contribution is -0.104. The Morgan fingerprint density at radius 3 is 2.42 bits per heavy atom. The molecule has 0 amide bonds. The van der Waals surface area contributed by atoms with Gasteiger partial charge in [-0.25, -0.2) is 13.8 Å². The van der Waals surface area contributed by atoms with E-state index in [2.05, 4.69) is 69.3 Å². The minimum absolute atomic E-state index is 0.0198. The van der Waals surface area contributed by atoms with Crippen LogP contribution >= 0.6 is 11.3 Å². The second-order valence-electron chi connectivity index (χ2n) is 16.6. The van der Waals surface area contributed by atoms with Crippen LogP contribution in [0.1, 0.15) is 137 Å². The predicted octanol–water partition coefficient (Wildman–Crippen LogP) is 12.3. The summed E-state index contributed by atoms with van der Waals surface area (Å²) < 4.78 is 40.0. The normalized spacial score (nSPS) is 21.3. The molecule has 1 aliphatic carbocycles. The number of fused-ring (bicyclic) bond motifs is 2. The van der Waals surface area contributed by atoms with Crippen LogP contribution in [0.2, 0.25) is 0 Å². The van der Waals surface area contributed by atoms with Crippen LogP contribution in [0.25, 0.3) is 15.7 Å². The molecule has 0 saturated carbocycles. The molecule has 3 unspecified atom stereocenters. The van der Waals surface area contributed by atoms with Gasteiger partial charge in [0.25, 0.3) is 0 Å². The van der Waals surface area contributed by atoms with Gasteiger partial charge in [0.1, 0.15) is 30.5 Å². The van der Waals surface area contributed by atoms with Crippen LogP contribution in [-0.2, 0) is 9.53 Å². The van der Waals surface area contributed by atoms with Crippen LogP contribution in [0.3, 0.4) is 0 Å². The maximum absolute atomic E-state index is 17.6. The molecule has 5 rings (SSSR count). The minimum Gasteiger partial charge on any atom is -0.476 e. The number of carbonyl (C=O) groups is 1. The molecule has 1 aromatic heterocycles. The first-order valence-corrected chi connectivity index (χ1v) is 22.6. The number of carbonyl (C=O) groups excluding carboxylic acids is 1. The third-order valence-corrected chi connectivity index (χ3v) is 13.1. The molecule has 0 spiro atoms. The standard InChI is InChI=1S/C44H61F2N5OS.C3H4O.C2H6/c1-11-14-38(52-26-44-21-13-22-50(44)25-31(23-44)48-10)49-41-32(30(9)51(12-2)37(28(5)6)20-15-27(3)4)16-17-34(40(41)46)33-18-19-36(45)43-39(33)35(24-47)42(53-43)29(7)8;1-2-3-4;1-2/h14,16-19,27-29,31,37,48H,11-13,15,20-23,25-26H2,1-10H3;2-3H,1H2;1-2H3/b32-30+,38-14-,49-41+;;. The number of hydrogen-bond acceptors (Lipinski definition) is 8. The van der Waals surface area contributed by atoms with E-state index in [-0.39, 0.29) is 23.2 Å². The number of aldehydes is 1. The van der Waals surface area contributed by atoms with Gasteiger partial charge in [0.2, 0.25) is 5.88 Å². The van der Waals surface area contributed by atoms with Crippen LogP contribution in [0.5, 0.6) is 0 Å². The summed E-state index contributed by atoms with van der Waals surface area (Å²) in [6, 6.07) is 6.01. The van der Waals surface area contributed by atoms with Gasteiger partial charge in [0, 0.05) is 52.3 Å². The average Bonchev–Trinajstić information content (AvgIpc) is 3.91. The van der Waals surface area contributed by atoms with Gasteiger partial charge in [-0.15, -0.1) is 11.3 Å². The third-order valence-electron chi connectivity index (χ3n) is 11.6. The van der Waals surface area contributed by atoms with Crippen molar-refractivity contribution in [1.82, 2.24) is 15.1 Å². The number of nitrogens with one attached hydrogen (secondary N) is 1. The fourth-order valence-corrected chi connectivity index (χ4v) is 9.86. The minimum atomic E-state index is -0.502. The number of aliphatic imine (C=N–C) groups is 1. The molecule has 2 aliphatic heterocycles. The Kier molecular flexibility index (Phi) is 19.4. The van der Waals surface area contributed by atoms with Gasteiger partial charge >= 0.3 is 0 Å². The number of rotatable bonds is 16. The van der Waals surface area contributed by atoms with E-state index in [1.54, 1.807) is 12.1 Å².